The molecule has 0 saturated heterocycles. The number of fused-ring (bicyclic) bond motifs is 1. The summed E-state index contributed by atoms with van der Waals surface area (Å²) >= 11 is 0. The molecule has 0 bridgehead atoms. The molecule has 3 aliphatic rings. The molecule has 3 saturated carbocycles. The highest BCUT2D eigenvalue weighted by Gasteiger charge is 2.50. The van der Waals surface area contributed by atoms with Crippen LogP contribution in [0.25, 0.3) is 0 Å². The van der Waals surface area contributed by atoms with Gasteiger partial charge in [0.1, 0.15) is 5.60 Å². The van der Waals surface area contributed by atoms with Crippen molar-refractivity contribution in [1.29, 1.82) is 0 Å². The molecule has 0 amide bonds. The molecule has 5 nitrogen and oxygen atoms in total. The Balaban J connectivity index is 1.68. The molecule has 0 unspecified atom stereocenters. The van der Waals surface area contributed by atoms with Crippen molar-refractivity contribution in [2.75, 3.05) is 7.11 Å². The van der Waals surface area contributed by atoms with Gasteiger partial charge in [-0.2, -0.15) is 0 Å². The molecule has 37 heavy (non-hydrogen) atoms. The van der Waals surface area contributed by atoms with E-state index < -0.39 is 17.8 Å². The van der Waals surface area contributed by atoms with Crippen molar-refractivity contribution in [1.82, 2.24) is 0 Å². The van der Waals surface area contributed by atoms with Gasteiger partial charge in [0.05, 0.1) is 19.3 Å². The lowest BCUT2D eigenvalue weighted by atomic mass is 9.61. The number of ether oxygens (including phenoxy) is 1. The zero-order chi connectivity index (χ0) is 27.4. The fraction of sp³-hybridized carbons (Fsp3) is 0.719. The maximum Gasteiger partial charge on any atom is 0.305 e. The Kier molecular flexibility index (Phi) is 9.89. The van der Waals surface area contributed by atoms with Crippen LogP contribution < -0.4 is 0 Å². The summed E-state index contributed by atoms with van der Waals surface area (Å²) in [7, 11) is 1.37. The molecule has 0 aromatic rings. The summed E-state index contributed by atoms with van der Waals surface area (Å²) in [5.74, 6) is 7.28. The van der Waals surface area contributed by atoms with Gasteiger partial charge in [-0.05, 0) is 99.5 Å². The van der Waals surface area contributed by atoms with Crippen LogP contribution in [0, 0.1) is 40.9 Å². The fourth-order valence-corrected chi connectivity index (χ4v) is 7.27. The molecule has 0 spiro atoms. The van der Waals surface area contributed by atoms with Crippen molar-refractivity contribution in [3.63, 3.8) is 0 Å². The molecule has 3 fully saturated rings. The maximum absolute atomic E-state index is 11.4. The van der Waals surface area contributed by atoms with Crippen molar-refractivity contribution in [2.24, 2.45) is 29.1 Å². The van der Waals surface area contributed by atoms with Crippen molar-refractivity contribution in [2.45, 2.75) is 110 Å². The third kappa shape index (κ3) is 7.16. The van der Waals surface area contributed by atoms with Crippen molar-refractivity contribution in [3.05, 3.63) is 35.5 Å². The highest BCUT2D eigenvalue weighted by molar-refractivity contribution is 5.69. The van der Waals surface area contributed by atoms with E-state index in [-0.39, 0.29) is 17.3 Å². The second-order valence-corrected chi connectivity index (χ2v) is 12.4. The number of allylic oxidation sites excluding steroid dienone is 3. The lowest BCUT2D eigenvalue weighted by Gasteiger charge is -2.44. The lowest BCUT2D eigenvalue weighted by molar-refractivity contribution is -0.140. The third-order valence-corrected chi connectivity index (χ3v) is 9.29. The summed E-state index contributed by atoms with van der Waals surface area (Å²) in [6, 6.07) is 0. The van der Waals surface area contributed by atoms with Gasteiger partial charge in [0.25, 0.3) is 0 Å². The van der Waals surface area contributed by atoms with Crippen molar-refractivity contribution in [3.8, 4) is 11.8 Å². The molecule has 0 aliphatic heterocycles. The minimum absolute atomic E-state index is 0.256. The van der Waals surface area contributed by atoms with Gasteiger partial charge in [0, 0.05) is 18.8 Å². The van der Waals surface area contributed by atoms with E-state index in [4.69, 9.17) is 4.74 Å². The Morgan fingerprint density at radius 1 is 1.30 bits per heavy atom. The normalized spacial score (nSPS) is 35.1. The minimum Gasteiger partial charge on any atom is -0.469 e. The number of carbonyl (C=O) groups excluding carboxylic acids is 1. The topological polar surface area (TPSA) is 87.0 Å². The van der Waals surface area contributed by atoms with Gasteiger partial charge >= 0.3 is 5.97 Å². The van der Waals surface area contributed by atoms with E-state index in [0.29, 0.717) is 49.0 Å². The van der Waals surface area contributed by atoms with Crippen LogP contribution in [-0.4, -0.2) is 46.2 Å². The maximum atomic E-state index is 11.4. The Labute approximate surface area is 224 Å². The standard InChI is InChI=1S/C32H48O5/c1-21(10-8-18-31(3,4)36)26-16-17-27-23(11-9-19-32(26,27)5)14-15-24-20-28(33)25(30(35)22(24)2)12-7-13-29(34)37-6/h14-15,21,25-28,30,33,35-36H,2,7,9-13,16-17,19-20H2,1,3-6H3/b23-14+,24-15-/t21-,25+,26-,27+,28-,30-,32-/m1/s1. The highest BCUT2D eigenvalue weighted by atomic mass is 16.5. The third-order valence-electron chi connectivity index (χ3n) is 9.29. The monoisotopic (exact) mass is 512 g/mol. The van der Waals surface area contributed by atoms with Gasteiger partial charge in [-0.3, -0.25) is 4.79 Å². The Hall–Kier alpha value is -1.87. The van der Waals surface area contributed by atoms with Crippen molar-refractivity contribution >= 4 is 5.97 Å². The van der Waals surface area contributed by atoms with Crippen LogP contribution >= 0.6 is 0 Å². The van der Waals surface area contributed by atoms with Gasteiger partial charge in [0.15, 0.2) is 0 Å². The zero-order valence-electron chi connectivity index (χ0n) is 23.6. The lowest BCUT2D eigenvalue weighted by Crippen LogP contribution is -2.38. The van der Waals surface area contributed by atoms with E-state index in [9.17, 15) is 20.1 Å². The van der Waals surface area contributed by atoms with Gasteiger partial charge in [-0.25, -0.2) is 0 Å². The van der Waals surface area contributed by atoms with E-state index in [1.165, 1.54) is 38.4 Å². The predicted octanol–water partition coefficient (Wildman–Crippen LogP) is 5.50. The van der Waals surface area contributed by atoms with Gasteiger partial charge in [-0.15, -0.1) is 5.92 Å². The molecule has 0 aromatic heterocycles. The molecular formula is C32H48O5. The summed E-state index contributed by atoms with van der Waals surface area (Å²) in [5, 5.41) is 31.6. The molecule has 0 heterocycles. The van der Waals surface area contributed by atoms with Gasteiger partial charge in [0.2, 0.25) is 0 Å². The number of esters is 1. The Bertz CT molecular complexity index is 958. The van der Waals surface area contributed by atoms with Crippen LogP contribution in [-0.2, 0) is 9.53 Å². The predicted molar refractivity (Wildman–Crippen MR) is 147 cm³/mol. The molecule has 3 rings (SSSR count). The highest BCUT2D eigenvalue weighted by Crippen LogP contribution is 2.59. The quantitative estimate of drug-likeness (QED) is 0.310. The Morgan fingerprint density at radius 2 is 2.03 bits per heavy atom. The first-order chi connectivity index (χ1) is 17.4. The van der Waals surface area contributed by atoms with E-state index in [1.807, 2.05) is 0 Å². The summed E-state index contributed by atoms with van der Waals surface area (Å²) in [4.78, 5) is 11.4. The summed E-state index contributed by atoms with van der Waals surface area (Å²) in [6.45, 7) is 12.4. The second-order valence-electron chi connectivity index (χ2n) is 12.4. The largest absolute Gasteiger partial charge is 0.469 e. The van der Waals surface area contributed by atoms with Crippen LogP contribution in [0.4, 0.5) is 0 Å². The first-order valence-corrected chi connectivity index (χ1v) is 14.1. The van der Waals surface area contributed by atoms with Crippen LogP contribution in [0.5, 0.6) is 0 Å². The Morgan fingerprint density at radius 3 is 2.70 bits per heavy atom. The van der Waals surface area contributed by atoms with Crippen LogP contribution in [0.2, 0.25) is 0 Å². The van der Waals surface area contributed by atoms with Crippen LogP contribution in [0.15, 0.2) is 35.5 Å². The summed E-state index contributed by atoms with van der Waals surface area (Å²) in [5.41, 5.74) is 2.41. The first kappa shape index (κ1) is 29.7. The minimum atomic E-state index is -0.941. The molecular weight excluding hydrogens is 464 g/mol. The van der Waals surface area contributed by atoms with E-state index in [1.54, 1.807) is 13.8 Å². The zero-order valence-corrected chi connectivity index (χ0v) is 23.6. The summed E-state index contributed by atoms with van der Waals surface area (Å²) in [6.07, 6.45) is 11.5. The van der Waals surface area contributed by atoms with Crippen LogP contribution in [0.3, 0.4) is 0 Å². The SMILES string of the molecule is C=C1/C(=C\C=C2/CCC[C@]3(C)[C@@H]([C@H](C)CC#CC(C)(C)O)CC[C@@H]23)C[C@@H](O)[C@H](CCCC(=O)OC)[C@@H]1O. The number of aliphatic hydroxyl groups excluding tert-OH is 2. The average Bonchev–Trinajstić information content (AvgIpc) is 3.19. The molecule has 0 aromatic carbocycles. The van der Waals surface area contributed by atoms with Crippen molar-refractivity contribution < 1.29 is 24.9 Å². The number of hydrogen-bond acceptors (Lipinski definition) is 5. The first-order valence-electron chi connectivity index (χ1n) is 14.1. The smallest absolute Gasteiger partial charge is 0.305 e. The summed E-state index contributed by atoms with van der Waals surface area (Å²) < 4.78 is 4.69. The van der Waals surface area contributed by atoms with Crippen LogP contribution in [0.1, 0.15) is 91.9 Å². The fourth-order valence-electron chi connectivity index (χ4n) is 7.27. The second kappa shape index (κ2) is 12.3. The van der Waals surface area contributed by atoms with Gasteiger partial charge in [-0.1, -0.05) is 44.1 Å². The number of methoxy groups -OCH3 is 1. The number of rotatable bonds is 7. The molecule has 0 radical (unpaired) electrons. The molecule has 206 valence electrons. The van der Waals surface area contributed by atoms with E-state index >= 15 is 0 Å². The number of hydrogen-bond donors (Lipinski definition) is 3. The molecule has 3 aliphatic carbocycles. The molecule has 5 heteroatoms. The number of aliphatic hydroxyl groups is 3. The molecule has 7 atom stereocenters. The number of carbonyl (C=O) groups is 1. The van der Waals surface area contributed by atoms with E-state index in [0.717, 1.165) is 18.4 Å². The van der Waals surface area contributed by atoms with Gasteiger partial charge < -0.3 is 20.1 Å². The molecule has 3 N–H and O–H groups in total. The average molecular weight is 513 g/mol. The van der Waals surface area contributed by atoms with E-state index in [2.05, 4.69) is 44.4 Å².